The predicted octanol–water partition coefficient (Wildman–Crippen LogP) is 2.22. The van der Waals surface area contributed by atoms with Crippen LogP contribution in [-0.2, 0) is 9.59 Å². The second-order valence-corrected chi connectivity index (χ2v) is 6.50. The van der Waals surface area contributed by atoms with E-state index in [0.717, 1.165) is 25.6 Å². The highest BCUT2D eigenvalue weighted by molar-refractivity contribution is 6.41. The number of hydrogen-bond acceptors (Lipinski definition) is 3. The van der Waals surface area contributed by atoms with Gasteiger partial charge in [0.25, 0.3) is 0 Å². The van der Waals surface area contributed by atoms with Gasteiger partial charge in [0.15, 0.2) is 0 Å². The molecule has 0 radical (unpaired) electrons. The normalized spacial score (nSPS) is 21.8. The summed E-state index contributed by atoms with van der Waals surface area (Å²) in [4.78, 5) is 28.2. The van der Waals surface area contributed by atoms with Crippen LogP contribution in [0.5, 0.6) is 0 Å². The average Bonchev–Trinajstić information content (AvgIpc) is 2.48. The highest BCUT2D eigenvalue weighted by atomic mass is 35.5. The summed E-state index contributed by atoms with van der Waals surface area (Å²) in [6.45, 7) is 3.84. The van der Waals surface area contributed by atoms with E-state index in [2.05, 4.69) is 17.1 Å². The molecule has 2 amide bonds. The zero-order chi connectivity index (χ0) is 17.1. The number of hydrogen-bond donors (Lipinski definition) is 1. The lowest BCUT2D eigenvalue weighted by molar-refractivity contribution is -0.145. The fraction of sp³-hybridized carbons (Fsp3) is 0.500. The molecule has 23 heavy (non-hydrogen) atoms. The summed E-state index contributed by atoms with van der Waals surface area (Å²) in [5, 5.41) is 2.50. The van der Waals surface area contributed by atoms with Crippen LogP contribution in [0.3, 0.4) is 0 Å². The first-order valence-electron chi connectivity index (χ1n) is 7.51. The SMILES string of the molecule is C[C@H]1CN(C)CC[C@@H]1N(C)C(=O)C(=O)Nc1ccc(F)cc1Cl. The molecule has 1 aliphatic rings. The monoisotopic (exact) mass is 341 g/mol. The van der Waals surface area contributed by atoms with Gasteiger partial charge >= 0.3 is 11.8 Å². The van der Waals surface area contributed by atoms with Gasteiger partial charge in [-0.1, -0.05) is 18.5 Å². The molecular formula is C16H21ClFN3O2. The highest BCUT2D eigenvalue weighted by Gasteiger charge is 2.32. The van der Waals surface area contributed by atoms with Crippen molar-refractivity contribution in [3.05, 3.63) is 29.0 Å². The molecule has 0 aliphatic carbocycles. The van der Waals surface area contributed by atoms with E-state index in [4.69, 9.17) is 11.6 Å². The molecular weight excluding hydrogens is 321 g/mol. The van der Waals surface area contributed by atoms with Crippen molar-refractivity contribution in [2.24, 2.45) is 5.92 Å². The van der Waals surface area contributed by atoms with Gasteiger partial charge in [-0.05, 0) is 44.1 Å². The number of nitrogens with one attached hydrogen (secondary N) is 1. The number of likely N-dealkylation sites (N-methyl/N-ethyl adjacent to an activating group) is 1. The standard InChI is InChI=1S/C16H21ClFN3O2/c1-10-9-20(2)7-6-14(10)21(3)16(23)15(22)19-13-5-4-11(18)8-12(13)17/h4-5,8,10,14H,6-7,9H2,1-3H3,(H,19,22)/t10-,14-/m0/s1. The van der Waals surface area contributed by atoms with Crippen LogP contribution in [0.25, 0.3) is 0 Å². The Kier molecular flexibility index (Phi) is 5.59. The Hall–Kier alpha value is -1.66. The minimum absolute atomic E-state index is 0.0214. The molecule has 1 aliphatic heterocycles. The van der Waals surface area contributed by atoms with E-state index in [1.54, 1.807) is 7.05 Å². The highest BCUT2D eigenvalue weighted by Crippen LogP contribution is 2.23. The van der Waals surface area contributed by atoms with E-state index in [1.807, 2.05) is 7.05 Å². The van der Waals surface area contributed by atoms with Gasteiger partial charge in [-0.15, -0.1) is 0 Å². The van der Waals surface area contributed by atoms with Crippen LogP contribution < -0.4 is 5.32 Å². The molecule has 0 unspecified atom stereocenters. The van der Waals surface area contributed by atoms with Crippen molar-refractivity contribution in [2.45, 2.75) is 19.4 Å². The van der Waals surface area contributed by atoms with E-state index in [0.29, 0.717) is 0 Å². The molecule has 1 aromatic rings. The maximum Gasteiger partial charge on any atom is 0.313 e. The third-order valence-electron chi connectivity index (χ3n) is 4.25. The quantitative estimate of drug-likeness (QED) is 0.839. The molecule has 1 saturated heterocycles. The van der Waals surface area contributed by atoms with Crippen LogP contribution in [-0.4, -0.2) is 54.8 Å². The van der Waals surface area contributed by atoms with E-state index >= 15 is 0 Å². The average molecular weight is 342 g/mol. The van der Waals surface area contributed by atoms with Gasteiger partial charge in [-0.2, -0.15) is 0 Å². The lowest BCUT2D eigenvalue weighted by Gasteiger charge is -2.39. The molecule has 126 valence electrons. The van der Waals surface area contributed by atoms with E-state index < -0.39 is 17.6 Å². The number of rotatable bonds is 2. The van der Waals surface area contributed by atoms with Crippen molar-refractivity contribution in [1.82, 2.24) is 9.80 Å². The van der Waals surface area contributed by atoms with Crippen molar-refractivity contribution in [2.75, 3.05) is 32.5 Å². The smallest absolute Gasteiger partial charge is 0.313 e. The van der Waals surface area contributed by atoms with E-state index in [-0.39, 0.29) is 22.7 Å². The maximum absolute atomic E-state index is 13.0. The molecule has 0 bridgehead atoms. The second-order valence-electron chi connectivity index (χ2n) is 6.09. The third-order valence-corrected chi connectivity index (χ3v) is 4.57. The Morgan fingerprint density at radius 2 is 2.13 bits per heavy atom. The van der Waals surface area contributed by atoms with Crippen molar-refractivity contribution >= 4 is 29.1 Å². The Bertz CT molecular complexity index is 611. The maximum atomic E-state index is 13.0. The van der Waals surface area contributed by atoms with Crippen LogP contribution in [0.1, 0.15) is 13.3 Å². The second kappa shape index (κ2) is 7.27. The van der Waals surface area contributed by atoms with Crippen LogP contribution in [0.2, 0.25) is 5.02 Å². The summed E-state index contributed by atoms with van der Waals surface area (Å²) in [5.41, 5.74) is 0.219. The molecule has 0 aromatic heterocycles. The van der Waals surface area contributed by atoms with Gasteiger partial charge in [-0.3, -0.25) is 9.59 Å². The fourth-order valence-corrected chi connectivity index (χ4v) is 3.21. The van der Waals surface area contributed by atoms with Crippen LogP contribution in [0.15, 0.2) is 18.2 Å². The topological polar surface area (TPSA) is 52.7 Å². The number of benzene rings is 1. The largest absolute Gasteiger partial charge is 0.334 e. The summed E-state index contributed by atoms with van der Waals surface area (Å²) in [5.74, 6) is -1.61. The Morgan fingerprint density at radius 3 is 2.74 bits per heavy atom. The summed E-state index contributed by atoms with van der Waals surface area (Å²) in [6, 6.07) is 3.62. The molecule has 1 heterocycles. The number of carbonyl (C=O) groups excluding carboxylic acids is 2. The summed E-state index contributed by atoms with van der Waals surface area (Å²) in [6.07, 6.45) is 0.824. The van der Waals surface area contributed by atoms with Gasteiger partial charge in [0, 0.05) is 19.6 Å². The number of anilines is 1. The Morgan fingerprint density at radius 1 is 1.43 bits per heavy atom. The molecule has 2 atom stereocenters. The summed E-state index contributed by atoms with van der Waals surface area (Å²) < 4.78 is 13.0. The number of halogens is 2. The Labute approximate surface area is 140 Å². The van der Waals surface area contributed by atoms with Gasteiger partial charge in [0.05, 0.1) is 10.7 Å². The lowest BCUT2D eigenvalue weighted by atomic mass is 9.93. The molecule has 7 heteroatoms. The molecule has 1 fully saturated rings. The first-order chi connectivity index (χ1) is 10.8. The lowest BCUT2D eigenvalue weighted by Crippen LogP contribution is -2.52. The minimum atomic E-state index is -0.771. The van der Waals surface area contributed by atoms with Crippen LogP contribution in [0.4, 0.5) is 10.1 Å². The van der Waals surface area contributed by atoms with Crippen molar-refractivity contribution in [1.29, 1.82) is 0 Å². The van der Waals surface area contributed by atoms with E-state index in [1.165, 1.54) is 17.0 Å². The zero-order valence-corrected chi connectivity index (χ0v) is 14.2. The van der Waals surface area contributed by atoms with Gasteiger partial charge < -0.3 is 15.1 Å². The number of nitrogens with zero attached hydrogens (tertiary/aromatic N) is 2. The number of piperidine rings is 1. The van der Waals surface area contributed by atoms with Crippen molar-refractivity contribution in [3.63, 3.8) is 0 Å². The molecule has 5 nitrogen and oxygen atoms in total. The van der Waals surface area contributed by atoms with Gasteiger partial charge in [-0.25, -0.2) is 4.39 Å². The molecule has 2 rings (SSSR count). The number of amides is 2. The van der Waals surface area contributed by atoms with Crippen LogP contribution in [0, 0.1) is 11.7 Å². The molecule has 1 N–H and O–H groups in total. The number of likely N-dealkylation sites (tertiary alicyclic amines) is 1. The first-order valence-corrected chi connectivity index (χ1v) is 7.89. The summed E-state index contributed by atoms with van der Waals surface area (Å²) in [7, 11) is 3.68. The third kappa shape index (κ3) is 4.20. The van der Waals surface area contributed by atoms with Crippen molar-refractivity contribution < 1.29 is 14.0 Å². The van der Waals surface area contributed by atoms with Crippen LogP contribution >= 0.6 is 11.6 Å². The zero-order valence-electron chi connectivity index (χ0n) is 13.5. The van der Waals surface area contributed by atoms with Crippen molar-refractivity contribution in [3.8, 4) is 0 Å². The molecule has 0 saturated carbocycles. The fourth-order valence-electron chi connectivity index (χ4n) is 2.99. The predicted molar refractivity (Wildman–Crippen MR) is 87.9 cm³/mol. The summed E-state index contributed by atoms with van der Waals surface area (Å²) >= 11 is 5.86. The molecule has 0 spiro atoms. The first kappa shape index (κ1) is 17.7. The van der Waals surface area contributed by atoms with Gasteiger partial charge in [0.1, 0.15) is 5.82 Å². The van der Waals surface area contributed by atoms with E-state index in [9.17, 15) is 14.0 Å². The molecule has 1 aromatic carbocycles. The number of carbonyl (C=O) groups is 2. The minimum Gasteiger partial charge on any atom is -0.334 e. The van der Waals surface area contributed by atoms with Gasteiger partial charge in [0.2, 0.25) is 0 Å². The Balaban J connectivity index is 2.02.